The largest absolute Gasteiger partial charge is 0.380 e. The summed E-state index contributed by atoms with van der Waals surface area (Å²) < 4.78 is 0. The van der Waals surface area contributed by atoms with Gasteiger partial charge < -0.3 is 10.0 Å². The molecular weight excluding hydrogens is 412 g/mol. The lowest BCUT2D eigenvalue weighted by atomic mass is 9.72. The summed E-state index contributed by atoms with van der Waals surface area (Å²) in [5.41, 5.74) is 1.78. The molecule has 5 rings (SSSR count). The van der Waals surface area contributed by atoms with Crippen LogP contribution in [0.3, 0.4) is 0 Å². The zero-order chi connectivity index (χ0) is 22.8. The van der Waals surface area contributed by atoms with Crippen LogP contribution in [0, 0.1) is 5.92 Å². The van der Waals surface area contributed by atoms with E-state index in [1.807, 2.05) is 60.7 Å². The maximum absolute atomic E-state index is 12.6. The maximum atomic E-state index is 12.6. The summed E-state index contributed by atoms with van der Waals surface area (Å²) in [4.78, 5) is 28.9. The van der Waals surface area contributed by atoms with Gasteiger partial charge in [0.15, 0.2) is 0 Å². The van der Waals surface area contributed by atoms with Crippen LogP contribution in [-0.2, 0) is 5.60 Å². The maximum Gasteiger partial charge on any atom is 0.261 e. The number of likely N-dealkylation sites (tertiary alicyclic amines) is 1. The summed E-state index contributed by atoms with van der Waals surface area (Å²) in [5, 5.41) is 12.0. The molecule has 2 heterocycles. The van der Waals surface area contributed by atoms with Crippen LogP contribution in [0.2, 0.25) is 0 Å². The molecule has 0 aliphatic carbocycles. The van der Waals surface area contributed by atoms with Gasteiger partial charge in [-0.1, -0.05) is 72.8 Å². The first kappa shape index (κ1) is 21.6. The van der Waals surface area contributed by atoms with Crippen molar-refractivity contribution in [2.24, 2.45) is 5.92 Å². The van der Waals surface area contributed by atoms with Crippen molar-refractivity contribution in [1.82, 2.24) is 9.80 Å². The average molecular weight is 441 g/mol. The highest BCUT2D eigenvalue weighted by atomic mass is 16.3. The smallest absolute Gasteiger partial charge is 0.261 e. The molecule has 168 valence electrons. The van der Waals surface area contributed by atoms with Crippen molar-refractivity contribution < 1.29 is 14.7 Å². The number of imide groups is 1. The first-order valence-corrected chi connectivity index (χ1v) is 11.6. The van der Waals surface area contributed by atoms with Crippen LogP contribution in [0.25, 0.3) is 0 Å². The Kier molecular flexibility index (Phi) is 5.83. The molecule has 3 aromatic rings. The Bertz CT molecular complexity index is 1060. The van der Waals surface area contributed by atoms with Gasteiger partial charge >= 0.3 is 0 Å². The van der Waals surface area contributed by atoms with Gasteiger partial charge in [-0.3, -0.25) is 14.5 Å². The molecule has 0 spiro atoms. The quantitative estimate of drug-likeness (QED) is 0.590. The second kappa shape index (κ2) is 8.93. The van der Waals surface area contributed by atoms with E-state index in [2.05, 4.69) is 4.90 Å². The van der Waals surface area contributed by atoms with Crippen molar-refractivity contribution in [2.45, 2.75) is 18.4 Å². The molecule has 33 heavy (non-hydrogen) atoms. The predicted octanol–water partition coefficient (Wildman–Crippen LogP) is 3.93. The van der Waals surface area contributed by atoms with E-state index < -0.39 is 5.60 Å². The second-order valence-electron chi connectivity index (χ2n) is 8.92. The third-order valence-corrected chi connectivity index (χ3v) is 7.12. The van der Waals surface area contributed by atoms with Gasteiger partial charge in [0, 0.05) is 13.1 Å². The number of amides is 2. The molecule has 1 N–H and O–H groups in total. The highest BCUT2D eigenvalue weighted by Gasteiger charge is 2.42. The minimum atomic E-state index is -1.04. The van der Waals surface area contributed by atoms with Crippen molar-refractivity contribution in [2.75, 3.05) is 26.2 Å². The Morgan fingerprint density at radius 3 is 1.64 bits per heavy atom. The van der Waals surface area contributed by atoms with Gasteiger partial charge in [0.1, 0.15) is 5.60 Å². The Hall–Kier alpha value is -3.28. The molecule has 0 bridgehead atoms. The first-order chi connectivity index (χ1) is 16.1. The Labute approximate surface area is 194 Å². The van der Waals surface area contributed by atoms with Crippen LogP contribution in [0.15, 0.2) is 84.9 Å². The number of carbonyl (C=O) groups excluding carboxylic acids is 2. The van der Waals surface area contributed by atoms with Gasteiger partial charge in [0.2, 0.25) is 0 Å². The van der Waals surface area contributed by atoms with Crippen molar-refractivity contribution in [1.29, 1.82) is 0 Å². The summed E-state index contributed by atoms with van der Waals surface area (Å²) in [7, 11) is 0. The standard InChI is InChI=1S/C28H28N2O3/c31-26-24-13-7-8-14-25(24)27(32)30(26)20-19-29-17-15-23(16-18-29)28(33,21-9-3-1-4-10-21)22-11-5-2-6-12-22/h1-14,23,33H,15-20H2. The van der Waals surface area contributed by atoms with E-state index in [9.17, 15) is 14.7 Å². The van der Waals surface area contributed by atoms with Gasteiger partial charge in [-0.05, 0) is 55.1 Å². The fourth-order valence-electron chi connectivity index (χ4n) is 5.28. The molecule has 5 nitrogen and oxygen atoms in total. The van der Waals surface area contributed by atoms with Gasteiger partial charge in [-0.2, -0.15) is 0 Å². The minimum absolute atomic E-state index is 0.0813. The molecular formula is C28H28N2O3. The van der Waals surface area contributed by atoms with E-state index in [0.717, 1.165) is 37.1 Å². The number of hydrogen-bond donors (Lipinski definition) is 1. The van der Waals surface area contributed by atoms with Crippen LogP contribution < -0.4 is 0 Å². The van der Waals surface area contributed by atoms with E-state index in [1.165, 1.54) is 4.90 Å². The third kappa shape index (κ3) is 3.88. The number of benzene rings is 3. The van der Waals surface area contributed by atoms with E-state index >= 15 is 0 Å². The molecule has 1 saturated heterocycles. The molecule has 2 aliphatic heterocycles. The van der Waals surface area contributed by atoms with Crippen molar-refractivity contribution >= 4 is 11.8 Å². The topological polar surface area (TPSA) is 60.9 Å². The van der Waals surface area contributed by atoms with Crippen molar-refractivity contribution in [3.63, 3.8) is 0 Å². The van der Waals surface area contributed by atoms with Crippen LogP contribution in [0.1, 0.15) is 44.7 Å². The number of nitrogens with zero attached hydrogens (tertiary/aromatic N) is 2. The minimum Gasteiger partial charge on any atom is -0.380 e. The fourth-order valence-corrected chi connectivity index (χ4v) is 5.28. The normalized spacial score (nSPS) is 17.4. The molecule has 3 aromatic carbocycles. The van der Waals surface area contributed by atoms with Crippen molar-refractivity contribution in [3.05, 3.63) is 107 Å². The van der Waals surface area contributed by atoms with Crippen LogP contribution in [0.5, 0.6) is 0 Å². The van der Waals surface area contributed by atoms with E-state index in [1.54, 1.807) is 24.3 Å². The lowest BCUT2D eigenvalue weighted by molar-refractivity contribution is -0.0146. The van der Waals surface area contributed by atoms with E-state index in [-0.39, 0.29) is 17.7 Å². The summed E-state index contributed by atoms with van der Waals surface area (Å²) in [6, 6.07) is 26.9. The molecule has 5 heteroatoms. The highest BCUT2D eigenvalue weighted by molar-refractivity contribution is 6.21. The summed E-state index contributed by atoms with van der Waals surface area (Å²) in [6.07, 6.45) is 1.67. The molecule has 0 unspecified atom stereocenters. The highest BCUT2D eigenvalue weighted by Crippen LogP contribution is 2.41. The summed E-state index contributed by atoms with van der Waals surface area (Å²) >= 11 is 0. The molecule has 2 amide bonds. The fraction of sp³-hybridized carbons (Fsp3) is 0.286. The summed E-state index contributed by atoms with van der Waals surface area (Å²) in [6.45, 7) is 2.66. The van der Waals surface area contributed by atoms with Gasteiger partial charge in [0.25, 0.3) is 11.8 Å². The Morgan fingerprint density at radius 1 is 0.697 bits per heavy atom. The van der Waals surface area contributed by atoms with Gasteiger partial charge in [0.05, 0.1) is 11.1 Å². The summed E-state index contributed by atoms with van der Waals surface area (Å²) in [5.74, 6) is -0.320. The Balaban J connectivity index is 1.26. The number of carbonyl (C=O) groups is 2. The van der Waals surface area contributed by atoms with Crippen molar-refractivity contribution in [3.8, 4) is 0 Å². The number of hydrogen-bond acceptors (Lipinski definition) is 4. The molecule has 2 aliphatic rings. The number of piperidine rings is 1. The van der Waals surface area contributed by atoms with E-state index in [0.29, 0.717) is 24.2 Å². The molecule has 1 fully saturated rings. The molecule has 0 radical (unpaired) electrons. The number of fused-ring (bicyclic) bond motifs is 1. The molecule has 0 aromatic heterocycles. The number of rotatable bonds is 6. The van der Waals surface area contributed by atoms with Crippen LogP contribution in [-0.4, -0.2) is 52.9 Å². The lowest BCUT2D eigenvalue weighted by Crippen LogP contribution is -2.46. The zero-order valence-corrected chi connectivity index (χ0v) is 18.6. The van der Waals surface area contributed by atoms with Gasteiger partial charge in [-0.25, -0.2) is 0 Å². The van der Waals surface area contributed by atoms with Crippen LogP contribution in [0.4, 0.5) is 0 Å². The molecule has 0 atom stereocenters. The second-order valence-corrected chi connectivity index (χ2v) is 8.92. The first-order valence-electron chi connectivity index (χ1n) is 11.6. The number of aliphatic hydroxyl groups is 1. The third-order valence-electron chi connectivity index (χ3n) is 7.12. The average Bonchev–Trinajstić information content (AvgIpc) is 3.13. The SMILES string of the molecule is O=C1c2ccccc2C(=O)N1CCN1CCC(C(O)(c2ccccc2)c2ccccc2)CC1. The lowest BCUT2D eigenvalue weighted by Gasteiger charge is -2.42. The van der Waals surface area contributed by atoms with E-state index in [4.69, 9.17) is 0 Å². The van der Waals surface area contributed by atoms with Crippen LogP contribution >= 0.6 is 0 Å². The van der Waals surface area contributed by atoms with Gasteiger partial charge in [-0.15, -0.1) is 0 Å². The monoisotopic (exact) mass is 440 g/mol. The predicted molar refractivity (Wildman–Crippen MR) is 127 cm³/mol. The zero-order valence-electron chi connectivity index (χ0n) is 18.6. The molecule has 0 saturated carbocycles. The Morgan fingerprint density at radius 2 is 1.15 bits per heavy atom.